The first-order valence-corrected chi connectivity index (χ1v) is 7.20. The third kappa shape index (κ3) is 3.10. The Bertz CT molecular complexity index is 455. The fourth-order valence-corrected chi connectivity index (χ4v) is 2.70. The van der Waals surface area contributed by atoms with Crippen LogP contribution in [0.1, 0.15) is 36.5 Å². The summed E-state index contributed by atoms with van der Waals surface area (Å²) in [5, 5.41) is 0. The van der Waals surface area contributed by atoms with E-state index in [9.17, 15) is 4.79 Å². The fourth-order valence-electron chi connectivity index (χ4n) is 2.70. The zero-order chi connectivity index (χ0) is 14.7. The van der Waals surface area contributed by atoms with Crippen molar-refractivity contribution in [2.24, 2.45) is 5.73 Å². The first-order chi connectivity index (χ1) is 9.50. The number of rotatable bonds is 3. The lowest BCUT2D eigenvalue weighted by atomic mass is 9.96. The molecule has 2 rings (SSSR count). The number of amides is 1. The first-order valence-electron chi connectivity index (χ1n) is 7.20. The van der Waals surface area contributed by atoms with Gasteiger partial charge < -0.3 is 15.5 Å². The number of aromatic nitrogens is 1. The van der Waals surface area contributed by atoms with Crippen molar-refractivity contribution in [2.45, 2.75) is 38.3 Å². The van der Waals surface area contributed by atoms with Gasteiger partial charge >= 0.3 is 0 Å². The Balaban J connectivity index is 2.16. The maximum atomic E-state index is 12.6. The number of pyridine rings is 1. The van der Waals surface area contributed by atoms with E-state index >= 15 is 0 Å². The molecule has 5 nitrogen and oxygen atoms in total. The molecule has 1 fully saturated rings. The van der Waals surface area contributed by atoms with Crippen LogP contribution >= 0.6 is 0 Å². The topological polar surface area (TPSA) is 62.5 Å². The summed E-state index contributed by atoms with van der Waals surface area (Å²) >= 11 is 0. The van der Waals surface area contributed by atoms with Crippen LogP contribution in [0, 0.1) is 0 Å². The van der Waals surface area contributed by atoms with Crippen LogP contribution in [0.25, 0.3) is 0 Å². The van der Waals surface area contributed by atoms with Crippen molar-refractivity contribution in [2.75, 3.05) is 25.5 Å². The number of hydrogen-bond acceptors (Lipinski definition) is 4. The van der Waals surface area contributed by atoms with E-state index in [4.69, 9.17) is 5.73 Å². The lowest BCUT2D eigenvalue weighted by Gasteiger charge is -2.38. The normalized spacial score (nSPS) is 20.6. The van der Waals surface area contributed by atoms with Crippen LogP contribution in [0.2, 0.25) is 0 Å². The minimum Gasteiger partial charge on any atom is -0.363 e. The first kappa shape index (κ1) is 14.8. The lowest BCUT2D eigenvalue weighted by molar-refractivity contribution is 0.0583. The SMILES string of the molecule is C[C@H](N)[C@H]1CCCCN1C(=O)c1ccc(N(C)C)nc1. The van der Waals surface area contributed by atoms with Gasteiger partial charge in [-0.3, -0.25) is 4.79 Å². The van der Waals surface area contributed by atoms with Crippen molar-refractivity contribution >= 4 is 11.7 Å². The summed E-state index contributed by atoms with van der Waals surface area (Å²) in [6.45, 7) is 2.77. The molecule has 20 heavy (non-hydrogen) atoms. The molecule has 0 spiro atoms. The molecule has 1 aliphatic rings. The molecule has 0 aliphatic carbocycles. The van der Waals surface area contributed by atoms with Crippen LogP contribution in [0.4, 0.5) is 5.82 Å². The van der Waals surface area contributed by atoms with Crippen LogP contribution in [0.15, 0.2) is 18.3 Å². The van der Waals surface area contributed by atoms with Gasteiger partial charge in [0, 0.05) is 38.9 Å². The predicted octanol–water partition coefficient (Wildman–Crippen LogP) is 1.49. The van der Waals surface area contributed by atoms with E-state index < -0.39 is 0 Å². The van der Waals surface area contributed by atoms with Gasteiger partial charge in [-0.25, -0.2) is 4.98 Å². The Morgan fingerprint density at radius 3 is 2.75 bits per heavy atom. The Labute approximate surface area is 120 Å². The van der Waals surface area contributed by atoms with Crippen molar-refractivity contribution in [3.63, 3.8) is 0 Å². The van der Waals surface area contributed by atoms with E-state index in [1.54, 1.807) is 6.20 Å². The molecule has 2 heterocycles. The van der Waals surface area contributed by atoms with Crippen molar-refractivity contribution in [3.8, 4) is 0 Å². The van der Waals surface area contributed by atoms with Gasteiger partial charge in [0.15, 0.2) is 0 Å². The van der Waals surface area contributed by atoms with Crippen molar-refractivity contribution in [1.82, 2.24) is 9.88 Å². The Morgan fingerprint density at radius 2 is 2.20 bits per heavy atom. The lowest BCUT2D eigenvalue weighted by Crippen LogP contribution is -2.51. The van der Waals surface area contributed by atoms with E-state index in [-0.39, 0.29) is 18.0 Å². The van der Waals surface area contributed by atoms with Gasteiger partial charge in [-0.2, -0.15) is 0 Å². The standard InChI is InChI=1S/C15H24N4O/c1-11(16)13-6-4-5-9-19(13)15(20)12-7-8-14(17-10-12)18(2)3/h7-8,10-11,13H,4-6,9,16H2,1-3H3/t11-,13+/m0/s1. The highest BCUT2D eigenvalue weighted by molar-refractivity contribution is 5.94. The molecule has 1 aromatic rings. The van der Waals surface area contributed by atoms with E-state index in [0.717, 1.165) is 31.6 Å². The summed E-state index contributed by atoms with van der Waals surface area (Å²) in [7, 11) is 3.86. The molecule has 0 aromatic carbocycles. The summed E-state index contributed by atoms with van der Waals surface area (Å²) in [4.78, 5) is 20.8. The smallest absolute Gasteiger partial charge is 0.255 e. The van der Waals surface area contributed by atoms with Crippen LogP contribution in [-0.4, -0.2) is 48.5 Å². The molecule has 1 aliphatic heterocycles. The Hall–Kier alpha value is -1.62. The number of carbonyl (C=O) groups excluding carboxylic acids is 1. The Morgan fingerprint density at radius 1 is 1.45 bits per heavy atom. The maximum Gasteiger partial charge on any atom is 0.255 e. The zero-order valence-corrected chi connectivity index (χ0v) is 12.5. The van der Waals surface area contributed by atoms with Gasteiger partial charge in [-0.15, -0.1) is 0 Å². The number of carbonyl (C=O) groups is 1. The quantitative estimate of drug-likeness (QED) is 0.908. The van der Waals surface area contributed by atoms with Crippen LogP contribution in [0.5, 0.6) is 0 Å². The zero-order valence-electron chi connectivity index (χ0n) is 12.5. The minimum absolute atomic E-state index is 0.00765. The molecule has 2 N–H and O–H groups in total. The van der Waals surface area contributed by atoms with Crippen molar-refractivity contribution in [1.29, 1.82) is 0 Å². The second-order valence-electron chi connectivity index (χ2n) is 5.72. The van der Waals surface area contributed by atoms with Crippen LogP contribution < -0.4 is 10.6 Å². The van der Waals surface area contributed by atoms with Gasteiger partial charge in [0.2, 0.25) is 0 Å². The molecule has 1 saturated heterocycles. The minimum atomic E-state index is 0.00765. The summed E-state index contributed by atoms with van der Waals surface area (Å²) in [6.07, 6.45) is 4.85. The summed E-state index contributed by atoms with van der Waals surface area (Å²) in [5.74, 6) is 0.897. The van der Waals surface area contributed by atoms with Crippen LogP contribution in [-0.2, 0) is 0 Å². The molecular formula is C15H24N4O. The second kappa shape index (κ2) is 6.22. The molecule has 110 valence electrons. The van der Waals surface area contributed by atoms with E-state index in [1.807, 2.05) is 43.0 Å². The number of likely N-dealkylation sites (tertiary alicyclic amines) is 1. The van der Waals surface area contributed by atoms with Crippen molar-refractivity contribution in [3.05, 3.63) is 23.9 Å². The van der Waals surface area contributed by atoms with E-state index in [2.05, 4.69) is 4.98 Å². The Kier molecular flexibility index (Phi) is 4.60. The van der Waals surface area contributed by atoms with Gasteiger partial charge in [-0.05, 0) is 38.3 Å². The van der Waals surface area contributed by atoms with Crippen molar-refractivity contribution < 1.29 is 4.79 Å². The highest BCUT2D eigenvalue weighted by atomic mass is 16.2. The highest BCUT2D eigenvalue weighted by Gasteiger charge is 2.29. The predicted molar refractivity (Wildman–Crippen MR) is 80.9 cm³/mol. The maximum absolute atomic E-state index is 12.6. The van der Waals surface area contributed by atoms with Gasteiger partial charge in [0.05, 0.1) is 5.56 Å². The summed E-state index contributed by atoms with van der Waals surface area (Å²) in [5.41, 5.74) is 6.66. The average molecular weight is 276 g/mol. The molecule has 1 aromatic heterocycles. The van der Waals surface area contributed by atoms with E-state index in [0.29, 0.717) is 5.56 Å². The van der Waals surface area contributed by atoms with Crippen LogP contribution in [0.3, 0.4) is 0 Å². The number of nitrogens with two attached hydrogens (primary N) is 1. The molecule has 0 bridgehead atoms. The monoisotopic (exact) mass is 276 g/mol. The molecule has 0 saturated carbocycles. The third-order valence-electron chi connectivity index (χ3n) is 3.87. The molecule has 1 amide bonds. The molecule has 0 radical (unpaired) electrons. The van der Waals surface area contributed by atoms with Gasteiger partial charge in [-0.1, -0.05) is 0 Å². The highest BCUT2D eigenvalue weighted by Crippen LogP contribution is 2.21. The number of piperidine rings is 1. The van der Waals surface area contributed by atoms with E-state index in [1.165, 1.54) is 0 Å². The molecular weight excluding hydrogens is 252 g/mol. The largest absolute Gasteiger partial charge is 0.363 e. The molecule has 5 heteroatoms. The number of nitrogens with zero attached hydrogens (tertiary/aromatic N) is 3. The number of hydrogen-bond donors (Lipinski definition) is 1. The third-order valence-corrected chi connectivity index (χ3v) is 3.87. The van der Waals surface area contributed by atoms with Gasteiger partial charge in [0.1, 0.15) is 5.82 Å². The average Bonchev–Trinajstić information content (AvgIpc) is 2.46. The molecule has 0 unspecified atom stereocenters. The second-order valence-corrected chi connectivity index (χ2v) is 5.72. The van der Waals surface area contributed by atoms with Gasteiger partial charge in [0.25, 0.3) is 5.91 Å². The fraction of sp³-hybridized carbons (Fsp3) is 0.600. The molecule has 2 atom stereocenters. The number of anilines is 1. The summed E-state index contributed by atoms with van der Waals surface area (Å²) < 4.78 is 0. The summed E-state index contributed by atoms with van der Waals surface area (Å²) in [6, 6.07) is 3.87.